The second-order valence-corrected chi connectivity index (χ2v) is 5.26. The highest BCUT2D eigenvalue weighted by Crippen LogP contribution is 2.20. The summed E-state index contributed by atoms with van der Waals surface area (Å²) in [6.07, 6.45) is 9.10. The van der Waals surface area contributed by atoms with Gasteiger partial charge in [-0.3, -0.25) is 4.79 Å². The molecule has 0 unspecified atom stereocenters. The highest BCUT2D eigenvalue weighted by molar-refractivity contribution is 5.49. The second-order valence-electron chi connectivity index (χ2n) is 5.26. The Hall–Kier alpha value is -2.16. The normalized spacial score (nSPS) is 12.0. The number of hydrogen-bond acceptors (Lipinski definition) is 2. The lowest BCUT2D eigenvalue weighted by molar-refractivity contribution is -0.108. The molecule has 0 spiro atoms. The van der Waals surface area contributed by atoms with Gasteiger partial charge in [0.1, 0.15) is 6.29 Å². The average Bonchev–Trinajstić information content (AvgIpc) is 2.53. The first-order valence-electron chi connectivity index (χ1n) is 7.45. The minimum atomic E-state index is 0.0182. The third kappa shape index (κ3) is 5.03. The van der Waals surface area contributed by atoms with Gasteiger partial charge in [-0.2, -0.15) is 0 Å². The first-order valence-corrected chi connectivity index (χ1v) is 7.45. The summed E-state index contributed by atoms with van der Waals surface area (Å²) in [5.41, 5.74) is 1.36. The van der Waals surface area contributed by atoms with Gasteiger partial charge in [-0.15, -0.1) is 0 Å². The van der Waals surface area contributed by atoms with Crippen LogP contribution < -0.4 is 5.43 Å². The van der Waals surface area contributed by atoms with Crippen LogP contribution in [0.3, 0.4) is 0 Å². The second kappa shape index (κ2) is 8.20. The molecule has 1 aromatic carbocycles. The van der Waals surface area contributed by atoms with E-state index in [0.29, 0.717) is 6.42 Å². The van der Waals surface area contributed by atoms with Crippen LogP contribution in [0.25, 0.3) is 0 Å². The standard InChI is InChI=1S/C18H21NO2/c20-15-5-10-17(19-13-11-18(21)12-14-19)9-4-8-16-6-2-1-3-7-16/h1-3,6-7,11-15,17H,4-5,8-10H2/t17-/m1/s1. The molecule has 0 N–H and O–H groups in total. The van der Waals surface area contributed by atoms with Gasteiger partial charge in [0.05, 0.1) is 0 Å². The summed E-state index contributed by atoms with van der Waals surface area (Å²) in [5.74, 6) is 0. The maximum atomic E-state index is 11.2. The highest BCUT2D eigenvalue weighted by atomic mass is 16.1. The summed E-state index contributed by atoms with van der Waals surface area (Å²) >= 11 is 0. The largest absolute Gasteiger partial charge is 0.351 e. The number of nitrogens with zero attached hydrogens (tertiary/aromatic N) is 1. The first-order chi connectivity index (χ1) is 10.3. The Morgan fingerprint density at radius 2 is 1.71 bits per heavy atom. The molecular formula is C18H21NO2. The van der Waals surface area contributed by atoms with Crippen LogP contribution in [0.4, 0.5) is 0 Å². The van der Waals surface area contributed by atoms with E-state index in [1.165, 1.54) is 5.56 Å². The molecular weight excluding hydrogens is 262 g/mol. The van der Waals surface area contributed by atoms with Crippen molar-refractivity contribution in [3.05, 3.63) is 70.6 Å². The molecule has 0 bridgehead atoms. The maximum Gasteiger partial charge on any atom is 0.181 e. The number of aromatic nitrogens is 1. The number of pyridine rings is 1. The fourth-order valence-electron chi connectivity index (χ4n) is 2.56. The Balaban J connectivity index is 1.94. The molecule has 3 nitrogen and oxygen atoms in total. The number of rotatable bonds is 8. The molecule has 0 aliphatic carbocycles. The van der Waals surface area contributed by atoms with Gasteiger partial charge < -0.3 is 9.36 Å². The molecule has 21 heavy (non-hydrogen) atoms. The van der Waals surface area contributed by atoms with Gasteiger partial charge in [0.15, 0.2) is 5.43 Å². The topological polar surface area (TPSA) is 39.1 Å². The van der Waals surface area contributed by atoms with E-state index < -0.39 is 0 Å². The predicted octanol–water partition coefficient (Wildman–Crippen LogP) is 3.39. The fourth-order valence-corrected chi connectivity index (χ4v) is 2.56. The average molecular weight is 283 g/mol. The zero-order chi connectivity index (χ0) is 14.9. The number of aldehydes is 1. The molecule has 0 amide bonds. The summed E-state index contributed by atoms with van der Waals surface area (Å²) in [7, 11) is 0. The monoisotopic (exact) mass is 283 g/mol. The molecule has 0 fully saturated rings. The van der Waals surface area contributed by atoms with E-state index in [2.05, 4.69) is 28.8 Å². The zero-order valence-electron chi connectivity index (χ0n) is 12.2. The molecule has 0 saturated heterocycles. The molecule has 1 atom stereocenters. The lowest BCUT2D eigenvalue weighted by Gasteiger charge is -2.19. The third-order valence-corrected chi connectivity index (χ3v) is 3.71. The highest BCUT2D eigenvalue weighted by Gasteiger charge is 2.09. The van der Waals surface area contributed by atoms with Crippen molar-refractivity contribution in [2.24, 2.45) is 0 Å². The molecule has 0 saturated carbocycles. The number of aryl methyl sites for hydroxylation is 1. The molecule has 0 aliphatic rings. The van der Waals surface area contributed by atoms with Crippen molar-refractivity contribution < 1.29 is 4.79 Å². The van der Waals surface area contributed by atoms with E-state index >= 15 is 0 Å². The van der Waals surface area contributed by atoms with Crippen LogP contribution in [0.2, 0.25) is 0 Å². The summed E-state index contributed by atoms with van der Waals surface area (Å²) < 4.78 is 2.05. The van der Waals surface area contributed by atoms with Gasteiger partial charge >= 0.3 is 0 Å². The Labute approximate surface area is 125 Å². The Kier molecular flexibility index (Phi) is 5.95. The van der Waals surface area contributed by atoms with Crippen molar-refractivity contribution in [2.75, 3.05) is 0 Å². The Bertz CT molecular complexity index is 584. The van der Waals surface area contributed by atoms with Crippen LogP contribution in [-0.4, -0.2) is 10.9 Å². The van der Waals surface area contributed by atoms with Crippen molar-refractivity contribution in [1.82, 2.24) is 4.57 Å². The van der Waals surface area contributed by atoms with Gasteiger partial charge in [0.2, 0.25) is 0 Å². The minimum absolute atomic E-state index is 0.0182. The molecule has 1 heterocycles. The van der Waals surface area contributed by atoms with Crippen LogP contribution in [0.15, 0.2) is 59.7 Å². The Morgan fingerprint density at radius 1 is 1.00 bits per heavy atom. The first kappa shape index (κ1) is 15.2. The van der Waals surface area contributed by atoms with E-state index in [9.17, 15) is 9.59 Å². The van der Waals surface area contributed by atoms with E-state index in [0.717, 1.165) is 32.0 Å². The third-order valence-electron chi connectivity index (χ3n) is 3.71. The number of hydrogen-bond donors (Lipinski definition) is 0. The van der Waals surface area contributed by atoms with E-state index in [-0.39, 0.29) is 11.5 Å². The molecule has 3 heteroatoms. The Morgan fingerprint density at radius 3 is 2.38 bits per heavy atom. The van der Waals surface area contributed by atoms with Gasteiger partial charge in [0, 0.05) is 37.0 Å². The van der Waals surface area contributed by atoms with Gasteiger partial charge in [-0.1, -0.05) is 30.3 Å². The van der Waals surface area contributed by atoms with Crippen LogP contribution in [0.5, 0.6) is 0 Å². The van der Waals surface area contributed by atoms with Gasteiger partial charge in [-0.25, -0.2) is 0 Å². The lowest BCUT2D eigenvalue weighted by Crippen LogP contribution is -2.12. The maximum absolute atomic E-state index is 11.2. The lowest BCUT2D eigenvalue weighted by atomic mass is 10.0. The zero-order valence-corrected chi connectivity index (χ0v) is 12.2. The van der Waals surface area contributed by atoms with Crippen LogP contribution >= 0.6 is 0 Å². The minimum Gasteiger partial charge on any atom is -0.351 e. The fraction of sp³-hybridized carbons (Fsp3) is 0.333. The van der Waals surface area contributed by atoms with Crippen molar-refractivity contribution in [1.29, 1.82) is 0 Å². The smallest absolute Gasteiger partial charge is 0.181 e. The van der Waals surface area contributed by atoms with Crippen molar-refractivity contribution in [3.63, 3.8) is 0 Å². The van der Waals surface area contributed by atoms with Crippen LogP contribution in [0.1, 0.15) is 37.3 Å². The quantitative estimate of drug-likeness (QED) is 0.697. The van der Waals surface area contributed by atoms with E-state index in [4.69, 9.17) is 0 Å². The van der Waals surface area contributed by atoms with Crippen LogP contribution in [-0.2, 0) is 11.2 Å². The number of benzene rings is 1. The number of carbonyl (C=O) groups excluding carboxylic acids is 1. The molecule has 0 aliphatic heterocycles. The van der Waals surface area contributed by atoms with Crippen molar-refractivity contribution >= 4 is 6.29 Å². The van der Waals surface area contributed by atoms with Crippen molar-refractivity contribution in [2.45, 2.75) is 38.1 Å². The van der Waals surface area contributed by atoms with E-state index in [1.54, 1.807) is 12.1 Å². The number of carbonyl (C=O) groups is 1. The van der Waals surface area contributed by atoms with Gasteiger partial charge in [0.25, 0.3) is 0 Å². The van der Waals surface area contributed by atoms with Crippen molar-refractivity contribution in [3.8, 4) is 0 Å². The molecule has 110 valence electrons. The predicted molar refractivity (Wildman–Crippen MR) is 84.4 cm³/mol. The SMILES string of the molecule is O=CCC[C@@H](CCCc1ccccc1)n1ccc(=O)cc1. The summed E-state index contributed by atoms with van der Waals surface area (Å²) in [4.78, 5) is 21.8. The molecule has 0 radical (unpaired) electrons. The summed E-state index contributed by atoms with van der Waals surface area (Å²) in [6, 6.07) is 13.8. The summed E-state index contributed by atoms with van der Waals surface area (Å²) in [5, 5.41) is 0. The summed E-state index contributed by atoms with van der Waals surface area (Å²) in [6.45, 7) is 0. The van der Waals surface area contributed by atoms with Crippen LogP contribution in [0, 0.1) is 0 Å². The molecule has 2 aromatic rings. The van der Waals surface area contributed by atoms with Gasteiger partial charge in [-0.05, 0) is 31.2 Å². The molecule has 2 rings (SSSR count). The van der Waals surface area contributed by atoms with E-state index in [1.807, 2.05) is 18.5 Å². The molecule has 1 aromatic heterocycles.